The van der Waals surface area contributed by atoms with Crippen LogP contribution in [0.5, 0.6) is 0 Å². The first-order valence-corrected chi connectivity index (χ1v) is 17.2. The number of aromatic amines is 1. The van der Waals surface area contributed by atoms with E-state index in [0.29, 0.717) is 50.3 Å². The lowest BCUT2D eigenvalue weighted by atomic mass is 9.86. The van der Waals surface area contributed by atoms with Gasteiger partial charge in [-0.3, -0.25) is 29.8 Å². The number of H-pyrrole nitrogens is 1. The average molecular weight is 709 g/mol. The van der Waals surface area contributed by atoms with Gasteiger partial charge in [0.1, 0.15) is 11.2 Å². The molecule has 0 saturated heterocycles. The Kier molecular flexibility index (Phi) is 10.6. The number of likely N-dealkylation sites (N-methyl/N-ethyl adjacent to an activating group) is 1. The molecule has 0 aromatic carbocycles. The standard InChI is InChI=1S/C36H43F3N8O4/c1-5-51-29(48)19-46(2)18-22-8-11-26(40-16-22)33(49)45-34-43-31-28(47(3)20-35(21-50-4)12-6-7-13-35)15-27(42-32(31)44-34)24-14-25(36(37,38)39)30(41-17-24)23-9-10-23/h8,11,14-17,23H,5-7,9-10,12-13,18-21H2,1-4H3,(H2,42,43,44,45,49). The fourth-order valence-electron chi connectivity index (χ4n) is 6.99. The number of carbonyl (C=O) groups excluding carboxylic acids is 2. The Labute approximate surface area is 294 Å². The fourth-order valence-corrected chi connectivity index (χ4v) is 6.99. The van der Waals surface area contributed by atoms with Crippen LogP contribution in [0.15, 0.2) is 36.7 Å². The lowest BCUT2D eigenvalue weighted by Gasteiger charge is -2.34. The van der Waals surface area contributed by atoms with Crippen molar-refractivity contribution in [1.82, 2.24) is 29.8 Å². The molecule has 0 radical (unpaired) electrons. The van der Waals surface area contributed by atoms with E-state index in [1.807, 2.05) is 7.05 Å². The molecule has 6 rings (SSSR count). The Hall–Kier alpha value is -4.63. The molecule has 2 fully saturated rings. The summed E-state index contributed by atoms with van der Waals surface area (Å²) in [5, 5.41) is 2.75. The van der Waals surface area contributed by atoms with Crippen LogP contribution in [0, 0.1) is 5.41 Å². The first kappa shape index (κ1) is 36.2. The summed E-state index contributed by atoms with van der Waals surface area (Å²) >= 11 is 0. The van der Waals surface area contributed by atoms with Gasteiger partial charge in [-0.15, -0.1) is 0 Å². The summed E-state index contributed by atoms with van der Waals surface area (Å²) in [6, 6.07) is 6.20. The third-order valence-corrected chi connectivity index (χ3v) is 9.47. The maximum atomic E-state index is 14.2. The molecule has 2 N–H and O–H groups in total. The molecule has 0 bridgehead atoms. The number of anilines is 2. The van der Waals surface area contributed by atoms with Crippen molar-refractivity contribution in [1.29, 1.82) is 0 Å². The Morgan fingerprint density at radius 2 is 1.84 bits per heavy atom. The Morgan fingerprint density at radius 1 is 1.08 bits per heavy atom. The SMILES string of the molecule is CCOC(=O)CN(C)Cc1ccc(C(=O)Nc2nc3nc(-c4cnc(C5CC5)c(C(F)(F)F)c4)cc(N(C)CC4(COC)CCCC4)c3[nH]2)nc1. The van der Waals surface area contributed by atoms with Crippen LogP contribution in [0.2, 0.25) is 0 Å². The van der Waals surface area contributed by atoms with Crippen LogP contribution in [-0.2, 0) is 27.0 Å². The van der Waals surface area contributed by atoms with Crippen molar-refractivity contribution in [2.24, 2.45) is 5.41 Å². The number of rotatable bonds is 14. The molecule has 15 heteroatoms. The molecular formula is C36H43F3N8O4. The zero-order valence-electron chi connectivity index (χ0n) is 29.3. The van der Waals surface area contributed by atoms with Crippen LogP contribution in [0.25, 0.3) is 22.4 Å². The van der Waals surface area contributed by atoms with E-state index in [1.54, 1.807) is 50.4 Å². The van der Waals surface area contributed by atoms with Crippen molar-refractivity contribution in [3.63, 3.8) is 0 Å². The number of pyridine rings is 3. The quantitative estimate of drug-likeness (QED) is 0.146. The second kappa shape index (κ2) is 14.9. The second-order valence-electron chi connectivity index (χ2n) is 13.7. The van der Waals surface area contributed by atoms with E-state index in [-0.39, 0.29) is 58.1 Å². The number of ether oxygens (including phenoxy) is 2. The van der Waals surface area contributed by atoms with Crippen LogP contribution >= 0.6 is 0 Å². The van der Waals surface area contributed by atoms with E-state index in [9.17, 15) is 22.8 Å². The monoisotopic (exact) mass is 708 g/mol. The van der Waals surface area contributed by atoms with Crippen molar-refractivity contribution in [3.8, 4) is 11.3 Å². The topological polar surface area (TPSA) is 138 Å². The highest BCUT2D eigenvalue weighted by Gasteiger charge is 2.40. The number of aromatic nitrogens is 5. The number of amides is 1. The molecule has 2 aliphatic rings. The third kappa shape index (κ3) is 8.47. The van der Waals surface area contributed by atoms with Gasteiger partial charge in [-0.05, 0) is 63.4 Å². The molecule has 4 aromatic rings. The summed E-state index contributed by atoms with van der Waals surface area (Å²) in [6.45, 7) is 3.82. The summed E-state index contributed by atoms with van der Waals surface area (Å²) in [7, 11) is 5.40. The maximum Gasteiger partial charge on any atom is 0.418 e. The number of hydrogen-bond acceptors (Lipinski definition) is 10. The molecule has 0 unspecified atom stereocenters. The minimum Gasteiger partial charge on any atom is -0.465 e. The number of halogens is 3. The molecule has 2 aliphatic carbocycles. The molecule has 2 saturated carbocycles. The van der Waals surface area contributed by atoms with Crippen LogP contribution in [0.3, 0.4) is 0 Å². The van der Waals surface area contributed by atoms with E-state index in [4.69, 9.17) is 9.47 Å². The van der Waals surface area contributed by atoms with Crippen LogP contribution in [-0.4, -0.2) is 89.2 Å². The molecule has 51 heavy (non-hydrogen) atoms. The number of hydrogen-bond donors (Lipinski definition) is 2. The zero-order valence-corrected chi connectivity index (χ0v) is 29.3. The van der Waals surface area contributed by atoms with Crippen molar-refractivity contribution in [2.75, 3.05) is 57.7 Å². The lowest BCUT2D eigenvalue weighted by molar-refractivity contribution is -0.144. The lowest BCUT2D eigenvalue weighted by Crippen LogP contribution is -2.37. The van der Waals surface area contributed by atoms with Gasteiger partial charge in [-0.1, -0.05) is 18.9 Å². The van der Waals surface area contributed by atoms with Gasteiger partial charge in [0.05, 0.1) is 42.4 Å². The third-order valence-electron chi connectivity index (χ3n) is 9.47. The number of esters is 1. The van der Waals surface area contributed by atoms with E-state index >= 15 is 0 Å². The minimum atomic E-state index is -4.56. The van der Waals surface area contributed by atoms with Crippen molar-refractivity contribution in [3.05, 3.63) is 59.2 Å². The van der Waals surface area contributed by atoms with Crippen LogP contribution in [0.1, 0.15) is 78.7 Å². The Bertz CT molecular complexity index is 1870. The summed E-state index contributed by atoms with van der Waals surface area (Å²) < 4.78 is 53.2. The molecule has 4 aromatic heterocycles. The molecule has 12 nitrogen and oxygen atoms in total. The number of nitrogens with zero attached hydrogens (tertiary/aromatic N) is 6. The van der Waals surface area contributed by atoms with Gasteiger partial charge in [0, 0.05) is 56.5 Å². The number of imidazole rings is 1. The first-order chi connectivity index (χ1) is 24.4. The first-order valence-electron chi connectivity index (χ1n) is 17.2. The van der Waals surface area contributed by atoms with Gasteiger partial charge < -0.3 is 19.4 Å². The Balaban J connectivity index is 1.29. The highest BCUT2D eigenvalue weighted by molar-refractivity contribution is 6.03. The maximum absolute atomic E-state index is 14.2. The highest BCUT2D eigenvalue weighted by Crippen LogP contribution is 2.46. The summed E-state index contributed by atoms with van der Waals surface area (Å²) in [5.41, 5.74) is 2.10. The van der Waals surface area contributed by atoms with E-state index < -0.39 is 17.6 Å². The number of alkyl halides is 3. The number of fused-ring (bicyclic) bond motifs is 1. The Morgan fingerprint density at radius 3 is 2.49 bits per heavy atom. The predicted molar refractivity (Wildman–Crippen MR) is 185 cm³/mol. The summed E-state index contributed by atoms with van der Waals surface area (Å²) in [6.07, 6.45) is 3.99. The van der Waals surface area contributed by atoms with E-state index in [2.05, 4.69) is 35.1 Å². The second-order valence-corrected chi connectivity index (χ2v) is 13.7. The van der Waals surface area contributed by atoms with Gasteiger partial charge in [-0.2, -0.15) is 18.2 Å². The highest BCUT2D eigenvalue weighted by atomic mass is 19.4. The molecular weight excluding hydrogens is 665 g/mol. The van der Waals surface area contributed by atoms with Crippen molar-refractivity contribution in [2.45, 2.75) is 64.1 Å². The average Bonchev–Trinajstić information content (AvgIpc) is 3.70. The number of methoxy groups -OCH3 is 1. The van der Waals surface area contributed by atoms with Gasteiger partial charge in [-0.25, -0.2) is 4.98 Å². The zero-order chi connectivity index (χ0) is 36.3. The summed E-state index contributed by atoms with van der Waals surface area (Å²) in [4.78, 5) is 49.8. The van der Waals surface area contributed by atoms with Crippen LogP contribution < -0.4 is 10.2 Å². The van der Waals surface area contributed by atoms with Gasteiger partial charge in [0.15, 0.2) is 5.65 Å². The van der Waals surface area contributed by atoms with Gasteiger partial charge >= 0.3 is 12.1 Å². The number of carbonyl (C=O) groups is 2. The summed E-state index contributed by atoms with van der Waals surface area (Å²) in [5.74, 6) is -0.916. The minimum absolute atomic E-state index is 0.0718. The predicted octanol–water partition coefficient (Wildman–Crippen LogP) is 6.20. The molecule has 1 amide bonds. The fraction of sp³-hybridized carbons (Fsp3) is 0.500. The van der Waals surface area contributed by atoms with Crippen molar-refractivity contribution >= 4 is 34.7 Å². The van der Waals surface area contributed by atoms with Crippen LogP contribution in [0.4, 0.5) is 24.8 Å². The molecule has 0 aliphatic heterocycles. The molecule has 272 valence electrons. The molecule has 0 atom stereocenters. The van der Waals surface area contributed by atoms with E-state index in [0.717, 1.165) is 37.3 Å². The smallest absolute Gasteiger partial charge is 0.418 e. The normalized spacial score (nSPS) is 15.8. The largest absolute Gasteiger partial charge is 0.465 e. The van der Waals surface area contributed by atoms with E-state index in [1.165, 1.54) is 6.20 Å². The van der Waals surface area contributed by atoms with Gasteiger partial charge in [0.25, 0.3) is 5.91 Å². The molecule has 4 heterocycles. The van der Waals surface area contributed by atoms with Crippen molar-refractivity contribution < 1.29 is 32.2 Å². The van der Waals surface area contributed by atoms with Gasteiger partial charge in [0.2, 0.25) is 5.95 Å². The molecule has 0 spiro atoms. The number of nitrogens with one attached hydrogen (secondary N) is 2.